The van der Waals surface area contributed by atoms with Crippen molar-refractivity contribution in [2.24, 2.45) is 5.73 Å². The van der Waals surface area contributed by atoms with Gasteiger partial charge in [0.15, 0.2) is 0 Å². The quantitative estimate of drug-likeness (QED) is 0.753. The number of sulfonamides is 1. The minimum atomic E-state index is -3.72. The summed E-state index contributed by atoms with van der Waals surface area (Å²) in [7, 11) is -2.08. The van der Waals surface area contributed by atoms with Crippen LogP contribution in [0.3, 0.4) is 0 Å². The van der Waals surface area contributed by atoms with Gasteiger partial charge < -0.3 is 10.6 Å². The highest BCUT2D eigenvalue weighted by molar-refractivity contribution is 7.89. The molecule has 20 heavy (non-hydrogen) atoms. The molecule has 6 nitrogen and oxygen atoms in total. The lowest BCUT2D eigenvalue weighted by atomic mass is 10.2. The van der Waals surface area contributed by atoms with Crippen molar-refractivity contribution in [3.63, 3.8) is 0 Å². The molecule has 1 amide bonds. The zero-order chi connectivity index (χ0) is 14.9. The van der Waals surface area contributed by atoms with Crippen LogP contribution in [0.5, 0.6) is 0 Å². The van der Waals surface area contributed by atoms with Gasteiger partial charge in [-0.15, -0.1) is 0 Å². The van der Waals surface area contributed by atoms with E-state index in [4.69, 9.17) is 18.0 Å². The van der Waals surface area contributed by atoms with Crippen LogP contribution in [0.25, 0.3) is 0 Å². The predicted molar refractivity (Wildman–Crippen MR) is 78.7 cm³/mol. The molecule has 1 unspecified atom stereocenters. The maximum Gasteiger partial charge on any atom is 0.241 e. The summed E-state index contributed by atoms with van der Waals surface area (Å²) in [6, 6.07) is 5.22. The molecule has 0 radical (unpaired) electrons. The number of likely N-dealkylation sites (tertiary alicyclic amines) is 1. The van der Waals surface area contributed by atoms with Gasteiger partial charge in [0.1, 0.15) is 11.0 Å². The summed E-state index contributed by atoms with van der Waals surface area (Å²) in [6.45, 7) is 0.548. The van der Waals surface area contributed by atoms with Gasteiger partial charge in [-0.25, -0.2) is 8.42 Å². The fourth-order valence-corrected chi connectivity index (χ4v) is 3.35. The van der Waals surface area contributed by atoms with Crippen LogP contribution in [-0.4, -0.2) is 43.8 Å². The number of carbonyl (C=O) groups excluding carboxylic acids is 1. The smallest absolute Gasteiger partial charge is 0.241 e. The predicted octanol–water partition coefficient (Wildman–Crippen LogP) is -0.170. The Bertz CT molecular complexity index is 640. The van der Waals surface area contributed by atoms with Gasteiger partial charge in [-0.1, -0.05) is 24.4 Å². The van der Waals surface area contributed by atoms with Crippen LogP contribution in [0, 0.1) is 0 Å². The fourth-order valence-electron chi connectivity index (χ4n) is 1.99. The van der Waals surface area contributed by atoms with E-state index in [1.54, 1.807) is 19.2 Å². The Morgan fingerprint density at radius 1 is 1.40 bits per heavy atom. The first kappa shape index (κ1) is 14.9. The van der Waals surface area contributed by atoms with E-state index in [2.05, 4.69) is 4.72 Å². The molecule has 108 valence electrons. The maximum atomic E-state index is 12.2. The highest BCUT2D eigenvalue weighted by Crippen LogP contribution is 2.15. The summed E-state index contributed by atoms with van der Waals surface area (Å²) in [6.07, 6.45) is 0.472. The first-order valence-corrected chi connectivity index (χ1v) is 7.87. The van der Waals surface area contributed by atoms with Gasteiger partial charge in [0.05, 0.1) is 4.90 Å². The Morgan fingerprint density at radius 3 is 2.45 bits per heavy atom. The molecule has 2 rings (SSSR count). The molecule has 1 fully saturated rings. The van der Waals surface area contributed by atoms with Crippen molar-refractivity contribution < 1.29 is 13.2 Å². The van der Waals surface area contributed by atoms with E-state index in [1.807, 2.05) is 0 Å². The minimum Gasteiger partial charge on any atom is -0.389 e. The zero-order valence-electron chi connectivity index (χ0n) is 10.9. The topological polar surface area (TPSA) is 92.5 Å². The van der Waals surface area contributed by atoms with Gasteiger partial charge in [-0.3, -0.25) is 4.79 Å². The second kappa shape index (κ2) is 5.47. The van der Waals surface area contributed by atoms with Crippen molar-refractivity contribution in [1.82, 2.24) is 9.62 Å². The van der Waals surface area contributed by atoms with E-state index < -0.39 is 16.1 Å². The third-order valence-corrected chi connectivity index (χ3v) is 4.90. The number of amides is 1. The number of nitrogens with two attached hydrogens (primary N) is 1. The second-order valence-corrected chi connectivity index (χ2v) is 6.76. The van der Waals surface area contributed by atoms with Crippen LogP contribution >= 0.6 is 12.2 Å². The average molecular weight is 313 g/mol. The van der Waals surface area contributed by atoms with Gasteiger partial charge >= 0.3 is 0 Å². The largest absolute Gasteiger partial charge is 0.389 e. The van der Waals surface area contributed by atoms with Crippen LogP contribution in [0.1, 0.15) is 12.0 Å². The highest BCUT2D eigenvalue weighted by Gasteiger charge is 2.32. The summed E-state index contributed by atoms with van der Waals surface area (Å²) < 4.78 is 26.8. The van der Waals surface area contributed by atoms with Gasteiger partial charge in [0.25, 0.3) is 0 Å². The third-order valence-electron chi connectivity index (χ3n) is 3.17. The molecule has 0 bridgehead atoms. The fraction of sp³-hybridized carbons (Fsp3) is 0.333. The molecule has 1 aliphatic heterocycles. The van der Waals surface area contributed by atoms with E-state index in [9.17, 15) is 13.2 Å². The summed E-state index contributed by atoms with van der Waals surface area (Å²) in [5.74, 6) is -0.215. The van der Waals surface area contributed by atoms with Crippen LogP contribution in [0.15, 0.2) is 29.2 Å². The first-order valence-electron chi connectivity index (χ1n) is 5.98. The molecule has 1 saturated heterocycles. The molecule has 0 saturated carbocycles. The minimum absolute atomic E-state index is 0.0832. The Labute approximate surface area is 123 Å². The molecule has 1 atom stereocenters. The van der Waals surface area contributed by atoms with Gasteiger partial charge in [-0.2, -0.15) is 4.72 Å². The molecule has 1 aromatic rings. The number of nitrogens with zero attached hydrogens (tertiary/aromatic N) is 1. The number of benzene rings is 1. The normalized spacial score (nSPS) is 19.4. The molecule has 3 N–H and O–H groups in total. The van der Waals surface area contributed by atoms with E-state index >= 15 is 0 Å². The van der Waals surface area contributed by atoms with Gasteiger partial charge in [0.2, 0.25) is 15.9 Å². The molecule has 1 heterocycles. The highest BCUT2D eigenvalue weighted by atomic mass is 32.2. The number of carbonyl (C=O) groups is 1. The van der Waals surface area contributed by atoms with Gasteiger partial charge in [0, 0.05) is 19.2 Å². The number of hydrogen-bond donors (Lipinski definition) is 2. The molecular weight excluding hydrogens is 298 g/mol. The Kier molecular flexibility index (Phi) is 4.07. The van der Waals surface area contributed by atoms with Crippen LogP contribution in [0.2, 0.25) is 0 Å². The molecule has 8 heteroatoms. The summed E-state index contributed by atoms with van der Waals surface area (Å²) in [5.41, 5.74) is 6.05. The van der Waals surface area contributed by atoms with Crippen LogP contribution in [-0.2, 0) is 14.8 Å². The molecule has 0 aromatic heterocycles. The molecule has 0 spiro atoms. The van der Waals surface area contributed by atoms with E-state index in [-0.39, 0.29) is 15.8 Å². The van der Waals surface area contributed by atoms with Crippen molar-refractivity contribution >= 4 is 33.1 Å². The van der Waals surface area contributed by atoms with Crippen molar-refractivity contribution in [1.29, 1.82) is 0 Å². The van der Waals surface area contributed by atoms with Crippen molar-refractivity contribution in [3.8, 4) is 0 Å². The summed E-state index contributed by atoms with van der Waals surface area (Å²) in [5, 5.41) is 0. The lowest BCUT2D eigenvalue weighted by Gasteiger charge is -2.13. The molecule has 0 aliphatic carbocycles. The number of rotatable bonds is 4. The van der Waals surface area contributed by atoms with E-state index in [0.29, 0.717) is 18.5 Å². The molecule has 1 aliphatic rings. The lowest BCUT2D eigenvalue weighted by Crippen LogP contribution is -2.40. The zero-order valence-corrected chi connectivity index (χ0v) is 12.5. The number of thiocarbonyl (C=S) groups is 1. The Balaban J connectivity index is 2.18. The SMILES string of the molecule is CN1CCC(NS(=O)(=O)c2ccc(C(N)=S)cc2)C1=O. The van der Waals surface area contributed by atoms with Crippen molar-refractivity contribution in [3.05, 3.63) is 29.8 Å². The molecule has 1 aromatic carbocycles. The van der Waals surface area contributed by atoms with Crippen LogP contribution in [0.4, 0.5) is 0 Å². The summed E-state index contributed by atoms with van der Waals surface area (Å²) >= 11 is 4.81. The maximum absolute atomic E-state index is 12.2. The second-order valence-electron chi connectivity index (χ2n) is 4.61. The van der Waals surface area contributed by atoms with Crippen LogP contribution < -0.4 is 10.5 Å². The summed E-state index contributed by atoms with van der Waals surface area (Å²) in [4.78, 5) is 13.5. The monoisotopic (exact) mass is 313 g/mol. The molecular formula is C12H15N3O3S2. The number of likely N-dealkylation sites (N-methyl/N-ethyl adjacent to an activating group) is 1. The average Bonchev–Trinajstić information content (AvgIpc) is 2.70. The van der Waals surface area contributed by atoms with E-state index in [0.717, 1.165) is 0 Å². The Morgan fingerprint density at radius 2 is 2.00 bits per heavy atom. The van der Waals surface area contributed by atoms with E-state index in [1.165, 1.54) is 17.0 Å². The van der Waals surface area contributed by atoms with Crippen molar-refractivity contribution in [2.75, 3.05) is 13.6 Å². The van der Waals surface area contributed by atoms with Gasteiger partial charge in [-0.05, 0) is 18.6 Å². The Hall–Kier alpha value is -1.51. The first-order chi connectivity index (χ1) is 9.31. The third kappa shape index (κ3) is 2.97. The number of nitrogens with one attached hydrogen (secondary N) is 1. The lowest BCUT2D eigenvalue weighted by molar-refractivity contribution is -0.127. The van der Waals surface area contributed by atoms with Crippen molar-refractivity contribution in [2.45, 2.75) is 17.4 Å². The number of hydrogen-bond acceptors (Lipinski definition) is 4. The standard InChI is InChI=1S/C12H15N3O3S2/c1-15-7-6-10(12(15)16)14-20(17,18)9-4-2-8(3-5-9)11(13)19/h2-5,10,14H,6-7H2,1H3,(H2,13,19).